The first-order valence-electron chi connectivity index (χ1n) is 6.07. The standard InChI is InChI=1S/C12H18N4OS/c1-8-9(2)14-15-12(10(8)11(13)18)16-4-3-6-17-7-5-16/h3-7H2,1-2H3,(H2,13,18). The van der Waals surface area contributed by atoms with Crippen LogP contribution in [0, 0.1) is 13.8 Å². The third-order valence-electron chi connectivity index (χ3n) is 3.20. The third-order valence-corrected chi connectivity index (χ3v) is 3.41. The normalized spacial score (nSPS) is 16.4. The third kappa shape index (κ3) is 2.59. The van der Waals surface area contributed by atoms with Gasteiger partial charge in [0.15, 0.2) is 5.82 Å². The van der Waals surface area contributed by atoms with Crippen molar-refractivity contribution in [2.45, 2.75) is 20.3 Å². The minimum Gasteiger partial charge on any atom is -0.389 e. The fourth-order valence-electron chi connectivity index (χ4n) is 2.07. The van der Waals surface area contributed by atoms with Crippen molar-refractivity contribution >= 4 is 23.0 Å². The monoisotopic (exact) mass is 266 g/mol. The molecule has 0 amide bonds. The van der Waals surface area contributed by atoms with Crippen LogP contribution in [0.4, 0.5) is 5.82 Å². The molecule has 2 rings (SSSR count). The van der Waals surface area contributed by atoms with Crippen molar-refractivity contribution in [3.63, 3.8) is 0 Å². The molecule has 0 bridgehead atoms. The topological polar surface area (TPSA) is 64.3 Å². The van der Waals surface area contributed by atoms with Crippen molar-refractivity contribution < 1.29 is 4.74 Å². The molecule has 0 atom stereocenters. The molecule has 2 N–H and O–H groups in total. The molecule has 6 heteroatoms. The molecule has 1 aromatic heterocycles. The molecule has 1 aliphatic rings. The zero-order valence-electron chi connectivity index (χ0n) is 10.8. The molecular formula is C12H18N4OS. The van der Waals surface area contributed by atoms with E-state index in [1.54, 1.807) is 0 Å². The van der Waals surface area contributed by atoms with Crippen LogP contribution in [0.3, 0.4) is 0 Å². The number of hydrogen-bond donors (Lipinski definition) is 1. The predicted molar refractivity (Wildman–Crippen MR) is 75.0 cm³/mol. The van der Waals surface area contributed by atoms with Crippen LogP contribution in [0.5, 0.6) is 0 Å². The van der Waals surface area contributed by atoms with Crippen LogP contribution >= 0.6 is 12.2 Å². The summed E-state index contributed by atoms with van der Waals surface area (Å²) in [6, 6.07) is 0. The molecule has 1 aliphatic heterocycles. The van der Waals surface area contributed by atoms with E-state index in [-0.39, 0.29) is 0 Å². The molecule has 0 radical (unpaired) electrons. The van der Waals surface area contributed by atoms with Gasteiger partial charge in [0.05, 0.1) is 17.9 Å². The van der Waals surface area contributed by atoms with E-state index < -0.39 is 0 Å². The van der Waals surface area contributed by atoms with Gasteiger partial charge in [0.1, 0.15) is 4.99 Å². The van der Waals surface area contributed by atoms with E-state index in [0.29, 0.717) is 11.6 Å². The number of ether oxygens (including phenoxy) is 1. The van der Waals surface area contributed by atoms with Gasteiger partial charge >= 0.3 is 0 Å². The van der Waals surface area contributed by atoms with E-state index in [1.165, 1.54) is 0 Å². The van der Waals surface area contributed by atoms with Crippen molar-refractivity contribution in [2.24, 2.45) is 5.73 Å². The molecule has 0 saturated carbocycles. The molecule has 5 nitrogen and oxygen atoms in total. The number of aromatic nitrogens is 2. The van der Waals surface area contributed by atoms with Crippen molar-refractivity contribution in [1.82, 2.24) is 10.2 Å². The predicted octanol–water partition coefficient (Wildman–Crippen LogP) is 0.954. The van der Waals surface area contributed by atoms with Crippen LogP contribution in [-0.2, 0) is 4.74 Å². The molecule has 1 aromatic rings. The summed E-state index contributed by atoms with van der Waals surface area (Å²) in [5.74, 6) is 0.788. The van der Waals surface area contributed by atoms with Gasteiger partial charge in [-0.1, -0.05) is 12.2 Å². The minimum atomic E-state index is 0.380. The van der Waals surface area contributed by atoms with Crippen molar-refractivity contribution in [3.8, 4) is 0 Å². The zero-order chi connectivity index (χ0) is 13.1. The van der Waals surface area contributed by atoms with Gasteiger partial charge < -0.3 is 15.4 Å². The SMILES string of the molecule is Cc1nnc(N2CCCOCC2)c(C(N)=S)c1C. The van der Waals surface area contributed by atoms with E-state index >= 15 is 0 Å². The fraction of sp³-hybridized carbons (Fsp3) is 0.583. The Bertz CT molecular complexity index is 456. The first kappa shape index (κ1) is 13.2. The Kier molecular flexibility index (Phi) is 4.08. The Morgan fingerprint density at radius 3 is 2.78 bits per heavy atom. The number of nitrogens with zero attached hydrogens (tertiary/aromatic N) is 3. The van der Waals surface area contributed by atoms with Gasteiger partial charge in [-0.05, 0) is 25.8 Å². The Balaban J connectivity index is 2.42. The first-order chi connectivity index (χ1) is 8.61. The highest BCUT2D eigenvalue weighted by atomic mass is 32.1. The molecule has 0 aromatic carbocycles. The summed E-state index contributed by atoms with van der Waals surface area (Å²) in [6.07, 6.45) is 0.978. The van der Waals surface area contributed by atoms with Crippen LogP contribution in [0.15, 0.2) is 0 Å². The van der Waals surface area contributed by atoms with Crippen LogP contribution in [0.25, 0.3) is 0 Å². The second-order valence-electron chi connectivity index (χ2n) is 4.43. The lowest BCUT2D eigenvalue weighted by Crippen LogP contribution is -2.30. The Morgan fingerprint density at radius 2 is 2.06 bits per heavy atom. The van der Waals surface area contributed by atoms with Crippen LogP contribution in [0.1, 0.15) is 23.2 Å². The minimum absolute atomic E-state index is 0.380. The number of nitrogens with two attached hydrogens (primary N) is 1. The second kappa shape index (κ2) is 5.58. The first-order valence-corrected chi connectivity index (χ1v) is 6.48. The summed E-state index contributed by atoms with van der Waals surface area (Å²) in [4.78, 5) is 2.53. The number of aryl methyl sites for hydroxylation is 1. The van der Waals surface area contributed by atoms with Gasteiger partial charge in [0.2, 0.25) is 0 Å². The number of rotatable bonds is 2. The average Bonchev–Trinajstić information content (AvgIpc) is 2.60. The molecule has 1 fully saturated rings. The molecule has 0 spiro atoms. The van der Waals surface area contributed by atoms with Gasteiger partial charge in [-0.15, -0.1) is 5.10 Å². The average molecular weight is 266 g/mol. The quantitative estimate of drug-likeness (QED) is 0.804. The highest BCUT2D eigenvalue weighted by Gasteiger charge is 2.20. The smallest absolute Gasteiger partial charge is 0.161 e. The molecular weight excluding hydrogens is 248 g/mol. The summed E-state index contributed by atoms with van der Waals surface area (Å²) in [5, 5.41) is 8.46. The Labute approximate surface area is 112 Å². The lowest BCUT2D eigenvalue weighted by Gasteiger charge is -2.23. The maximum Gasteiger partial charge on any atom is 0.161 e. The Morgan fingerprint density at radius 1 is 1.28 bits per heavy atom. The van der Waals surface area contributed by atoms with E-state index in [1.807, 2.05) is 13.8 Å². The van der Waals surface area contributed by atoms with Crippen LogP contribution < -0.4 is 10.6 Å². The van der Waals surface area contributed by atoms with E-state index in [2.05, 4.69) is 15.1 Å². The summed E-state index contributed by atoms with van der Waals surface area (Å²) >= 11 is 5.15. The molecule has 0 aliphatic carbocycles. The molecule has 2 heterocycles. The van der Waals surface area contributed by atoms with Gasteiger partial charge in [-0.3, -0.25) is 0 Å². The number of hydrogen-bond acceptors (Lipinski definition) is 5. The number of anilines is 1. The lowest BCUT2D eigenvalue weighted by molar-refractivity contribution is 0.152. The molecule has 98 valence electrons. The second-order valence-corrected chi connectivity index (χ2v) is 4.87. The lowest BCUT2D eigenvalue weighted by atomic mass is 10.1. The largest absolute Gasteiger partial charge is 0.389 e. The summed E-state index contributed by atoms with van der Waals surface area (Å²) < 4.78 is 5.45. The highest BCUT2D eigenvalue weighted by molar-refractivity contribution is 7.80. The molecule has 18 heavy (non-hydrogen) atoms. The van der Waals surface area contributed by atoms with Gasteiger partial charge in [-0.25, -0.2) is 0 Å². The van der Waals surface area contributed by atoms with Gasteiger partial charge in [0.25, 0.3) is 0 Å². The summed E-state index contributed by atoms with van der Waals surface area (Å²) in [5.41, 5.74) is 8.56. The van der Waals surface area contributed by atoms with E-state index in [0.717, 1.165) is 48.8 Å². The van der Waals surface area contributed by atoms with Crippen molar-refractivity contribution in [2.75, 3.05) is 31.2 Å². The molecule has 1 saturated heterocycles. The molecule has 0 unspecified atom stereocenters. The van der Waals surface area contributed by atoms with Crippen molar-refractivity contribution in [3.05, 3.63) is 16.8 Å². The fourth-order valence-corrected chi connectivity index (χ4v) is 2.31. The van der Waals surface area contributed by atoms with Gasteiger partial charge in [0, 0.05) is 19.7 Å². The maximum atomic E-state index is 5.84. The van der Waals surface area contributed by atoms with E-state index in [4.69, 9.17) is 22.7 Å². The van der Waals surface area contributed by atoms with Crippen molar-refractivity contribution in [1.29, 1.82) is 0 Å². The zero-order valence-corrected chi connectivity index (χ0v) is 11.6. The van der Waals surface area contributed by atoms with Gasteiger partial charge in [-0.2, -0.15) is 5.10 Å². The summed E-state index contributed by atoms with van der Waals surface area (Å²) in [6.45, 7) is 7.08. The number of thiocarbonyl (C=S) groups is 1. The summed E-state index contributed by atoms with van der Waals surface area (Å²) in [7, 11) is 0. The maximum absolute atomic E-state index is 5.84. The van der Waals surface area contributed by atoms with E-state index in [9.17, 15) is 0 Å². The van der Waals surface area contributed by atoms with Crippen LogP contribution in [0.2, 0.25) is 0 Å². The highest BCUT2D eigenvalue weighted by Crippen LogP contribution is 2.22. The Hall–Kier alpha value is -1.27. The van der Waals surface area contributed by atoms with Crippen LogP contribution in [-0.4, -0.2) is 41.5 Å².